The second-order valence-corrected chi connectivity index (χ2v) is 8.82. The van der Waals surface area contributed by atoms with Crippen molar-refractivity contribution in [1.82, 2.24) is 19.4 Å². The van der Waals surface area contributed by atoms with Gasteiger partial charge in [0.1, 0.15) is 5.75 Å². The van der Waals surface area contributed by atoms with E-state index in [1.165, 1.54) is 6.07 Å². The molecule has 3 aromatic rings. The van der Waals surface area contributed by atoms with E-state index in [4.69, 9.17) is 12.2 Å². The summed E-state index contributed by atoms with van der Waals surface area (Å²) in [5, 5.41) is 10.5. The molecule has 34 heavy (non-hydrogen) atoms. The topological polar surface area (TPSA) is 98.6 Å². The Kier molecular flexibility index (Phi) is 7.42. The molecule has 178 valence electrons. The van der Waals surface area contributed by atoms with Gasteiger partial charge in [-0.05, 0) is 49.3 Å². The number of unbranched alkanes of at least 4 members (excludes halogenated alkanes) is 2. The summed E-state index contributed by atoms with van der Waals surface area (Å²) >= 11 is 5.34. The van der Waals surface area contributed by atoms with Gasteiger partial charge in [0.2, 0.25) is 5.91 Å². The first-order valence-corrected chi connectivity index (χ1v) is 11.9. The highest BCUT2D eigenvalue weighted by Gasteiger charge is 2.25. The number of amides is 2. The third-order valence-corrected chi connectivity index (χ3v) is 6.54. The SMILES string of the molecule is O=C(CCCCCn1c(=S)[nH]c2ccccc2c1=O)N1CCN(C(=O)c2ccccc2O)CC1. The summed E-state index contributed by atoms with van der Waals surface area (Å²) < 4.78 is 2.00. The molecule has 4 rings (SSSR count). The largest absolute Gasteiger partial charge is 0.507 e. The van der Waals surface area contributed by atoms with Crippen molar-refractivity contribution in [1.29, 1.82) is 0 Å². The average Bonchev–Trinajstić information content (AvgIpc) is 2.85. The number of aromatic amines is 1. The molecular formula is C25H28N4O4S. The Labute approximate surface area is 202 Å². The predicted octanol–water partition coefficient (Wildman–Crippen LogP) is 3.31. The number of phenolic OH excluding ortho intramolecular Hbond substituents is 1. The van der Waals surface area contributed by atoms with Gasteiger partial charge in [0.05, 0.1) is 16.5 Å². The van der Waals surface area contributed by atoms with Gasteiger partial charge in [-0.3, -0.25) is 19.0 Å². The second-order valence-electron chi connectivity index (χ2n) is 8.43. The zero-order valence-corrected chi connectivity index (χ0v) is 19.7. The maximum absolute atomic E-state index is 12.7. The van der Waals surface area contributed by atoms with Crippen molar-refractivity contribution in [3.63, 3.8) is 0 Å². The van der Waals surface area contributed by atoms with Gasteiger partial charge in [-0.15, -0.1) is 0 Å². The number of benzene rings is 2. The first-order valence-electron chi connectivity index (χ1n) is 11.5. The van der Waals surface area contributed by atoms with Crippen molar-refractivity contribution >= 4 is 34.9 Å². The lowest BCUT2D eigenvalue weighted by molar-refractivity contribution is -0.132. The van der Waals surface area contributed by atoms with Gasteiger partial charge in [0.25, 0.3) is 11.5 Å². The lowest BCUT2D eigenvalue weighted by Crippen LogP contribution is -2.50. The Morgan fingerprint density at radius 1 is 0.912 bits per heavy atom. The van der Waals surface area contributed by atoms with Crippen LogP contribution in [0, 0.1) is 4.77 Å². The summed E-state index contributed by atoms with van der Waals surface area (Å²) in [4.78, 5) is 44.4. The number of carbonyl (C=O) groups is 2. The first kappa shape index (κ1) is 23.7. The number of aromatic hydroxyl groups is 1. The standard InChI is InChI=1S/C25H28N4O4S/c30-21-11-6-4-9-19(21)23(32)28-16-14-27(15-17-28)22(31)12-2-1-7-13-29-24(33)18-8-3-5-10-20(18)26-25(29)34/h3-6,8-11,30H,1-2,7,12-17H2,(H,26,34). The lowest BCUT2D eigenvalue weighted by atomic mass is 10.1. The van der Waals surface area contributed by atoms with Crippen LogP contribution in [-0.4, -0.2) is 62.5 Å². The number of hydrogen-bond acceptors (Lipinski definition) is 5. The summed E-state index contributed by atoms with van der Waals surface area (Å²) in [5.41, 5.74) is 0.931. The van der Waals surface area contributed by atoms with E-state index in [0.717, 1.165) is 24.8 Å². The molecule has 0 aliphatic carbocycles. The number of phenols is 1. The lowest BCUT2D eigenvalue weighted by Gasteiger charge is -2.35. The van der Waals surface area contributed by atoms with Crippen LogP contribution >= 0.6 is 12.2 Å². The van der Waals surface area contributed by atoms with E-state index < -0.39 is 0 Å². The van der Waals surface area contributed by atoms with Gasteiger partial charge >= 0.3 is 0 Å². The van der Waals surface area contributed by atoms with Crippen LogP contribution in [0.4, 0.5) is 0 Å². The van der Waals surface area contributed by atoms with Crippen LogP contribution in [0.1, 0.15) is 36.0 Å². The minimum absolute atomic E-state index is 0.0296. The number of nitrogens with zero attached hydrogens (tertiary/aromatic N) is 3. The molecule has 1 aromatic heterocycles. The molecule has 8 nitrogen and oxygen atoms in total. The number of para-hydroxylation sites is 2. The Morgan fingerprint density at radius 2 is 1.59 bits per heavy atom. The summed E-state index contributed by atoms with van der Waals surface area (Å²) in [6.07, 6.45) is 2.74. The molecule has 2 heterocycles. The van der Waals surface area contributed by atoms with E-state index in [0.29, 0.717) is 49.3 Å². The maximum Gasteiger partial charge on any atom is 0.262 e. The maximum atomic E-state index is 12.7. The van der Waals surface area contributed by atoms with Crippen molar-refractivity contribution < 1.29 is 14.7 Å². The molecule has 2 aromatic carbocycles. The normalized spacial score (nSPS) is 13.9. The van der Waals surface area contributed by atoms with Crippen molar-refractivity contribution in [2.75, 3.05) is 26.2 Å². The van der Waals surface area contributed by atoms with E-state index in [1.807, 2.05) is 18.2 Å². The Morgan fingerprint density at radius 3 is 2.35 bits per heavy atom. The molecule has 0 saturated carbocycles. The van der Waals surface area contributed by atoms with Crippen LogP contribution in [0.2, 0.25) is 0 Å². The molecule has 1 aliphatic heterocycles. The van der Waals surface area contributed by atoms with Crippen molar-refractivity contribution in [2.45, 2.75) is 32.2 Å². The van der Waals surface area contributed by atoms with E-state index in [9.17, 15) is 19.5 Å². The van der Waals surface area contributed by atoms with Crippen LogP contribution in [0.3, 0.4) is 0 Å². The summed E-state index contributed by atoms with van der Waals surface area (Å²) in [6, 6.07) is 13.8. The summed E-state index contributed by atoms with van der Waals surface area (Å²) in [7, 11) is 0. The molecule has 0 spiro atoms. The number of rotatable bonds is 7. The van der Waals surface area contributed by atoms with Crippen LogP contribution in [-0.2, 0) is 11.3 Å². The molecule has 0 atom stereocenters. The molecule has 0 unspecified atom stereocenters. The average molecular weight is 481 g/mol. The van der Waals surface area contributed by atoms with Gasteiger partial charge < -0.3 is 19.9 Å². The van der Waals surface area contributed by atoms with Gasteiger partial charge in [0, 0.05) is 39.1 Å². The molecular weight excluding hydrogens is 452 g/mol. The number of H-pyrrole nitrogens is 1. The van der Waals surface area contributed by atoms with Crippen LogP contribution in [0.15, 0.2) is 53.3 Å². The number of piperazine rings is 1. The molecule has 2 amide bonds. The zero-order valence-electron chi connectivity index (χ0n) is 18.9. The number of hydrogen-bond donors (Lipinski definition) is 2. The van der Waals surface area contributed by atoms with Gasteiger partial charge in [0.15, 0.2) is 4.77 Å². The first-order chi connectivity index (χ1) is 16.5. The Hall–Kier alpha value is -3.46. The van der Waals surface area contributed by atoms with E-state index in [2.05, 4.69) is 4.98 Å². The van der Waals surface area contributed by atoms with Crippen molar-refractivity contribution in [3.8, 4) is 5.75 Å². The number of carbonyl (C=O) groups excluding carboxylic acids is 2. The molecule has 0 radical (unpaired) electrons. The highest BCUT2D eigenvalue weighted by atomic mass is 32.1. The van der Waals surface area contributed by atoms with Gasteiger partial charge in [-0.25, -0.2) is 0 Å². The van der Waals surface area contributed by atoms with Gasteiger partial charge in [-0.1, -0.05) is 30.7 Å². The van der Waals surface area contributed by atoms with Crippen LogP contribution in [0.25, 0.3) is 10.9 Å². The zero-order chi connectivity index (χ0) is 24.1. The predicted molar refractivity (Wildman–Crippen MR) is 132 cm³/mol. The van der Waals surface area contributed by atoms with Crippen LogP contribution < -0.4 is 5.56 Å². The molecule has 1 fully saturated rings. The van der Waals surface area contributed by atoms with E-state index in [1.54, 1.807) is 38.6 Å². The molecule has 1 aliphatic rings. The molecule has 2 N–H and O–H groups in total. The molecule has 1 saturated heterocycles. The van der Waals surface area contributed by atoms with E-state index >= 15 is 0 Å². The third-order valence-electron chi connectivity index (χ3n) is 6.22. The third kappa shape index (κ3) is 5.20. The Bertz CT molecular complexity index is 1310. The van der Waals surface area contributed by atoms with Gasteiger partial charge in [-0.2, -0.15) is 0 Å². The second kappa shape index (κ2) is 10.6. The smallest absolute Gasteiger partial charge is 0.262 e. The fraction of sp³-hybridized carbons (Fsp3) is 0.360. The highest BCUT2D eigenvalue weighted by molar-refractivity contribution is 7.71. The molecule has 0 bridgehead atoms. The fourth-order valence-electron chi connectivity index (χ4n) is 4.27. The summed E-state index contributed by atoms with van der Waals surface area (Å²) in [5.74, 6) is -0.166. The number of nitrogens with one attached hydrogen (secondary N) is 1. The highest BCUT2D eigenvalue weighted by Crippen LogP contribution is 2.19. The van der Waals surface area contributed by atoms with Crippen molar-refractivity contribution in [2.24, 2.45) is 0 Å². The Balaban J connectivity index is 1.21. The summed E-state index contributed by atoms with van der Waals surface area (Å²) in [6.45, 7) is 2.38. The quantitative estimate of drug-likeness (QED) is 0.399. The monoisotopic (exact) mass is 480 g/mol. The number of fused-ring (bicyclic) bond motifs is 1. The number of aromatic nitrogens is 2. The molecule has 9 heteroatoms. The van der Waals surface area contributed by atoms with E-state index in [-0.39, 0.29) is 28.7 Å². The minimum Gasteiger partial charge on any atom is -0.507 e. The van der Waals surface area contributed by atoms with Crippen LogP contribution in [0.5, 0.6) is 5.75 Å². The minimum atomic E-state index is -0.215. The van der Waals surface area contributed by atoms with Crippen molar-refractivity contribution in [3.05, 3.63) is 69.2 Å². The fourth-order valence-corrected chi connectivity index (χ4v) is 4.55.